The van der Waals surface area contributed by atoms with Crippen molar-refractivity contribution in [2.45, 2.75) is 13.0 Å². The first-order valence-electron chi connectivity index (χ1n) is 5.18. The fourth-order valence-corrected chi connectivity index (χ4v) is 1.92. The van der Waals surface area contributed by atoms with E-state index in [0.717, 1.165) is 5.56 Å². The van der Waals surface area contributed by atoms with Gasteiger partial charge in [-0.2, -0.15) is 0 Å². The maximum absolute atomic E-state index is 5.99. The van der Waals surface area contributed by atoms with Crippen LogP contribution in [0.4, 0.5) is 0 Å². The van der Waals surface area contributed by atoms with Crippen molar-refractivity contribution in [2.24, 2.45) is 11.5 Å². The molecule has 2 rings (SSSR count). The third kappa shape index (κ3) is 1.74. The van der Waals surface area contributed by atoms with Gasteiger partial charge >= 0.3 is 0 Å². The molecule has 0 fully saturated rings. The molecule has 1 atom stereocenters. The minimum absolute atomic E-state index is 0.0736. The highest BCUT2D eigenvalue weighted by atomic mass is 14.7. The van der Waals surface area contributed by atoms with E-state index in [1.165, 1.54) is 16.3 Å². The summed E-state index contributed by atoms with van der Waals surface area (Å²) in [6.07, 6.45) is 0. The van der Waals surface area contributed by atoms with E-state index >= 15 is 0 Å². The van der Waals surface area contributed by atoms with Gasteiger partial charge in [0.25, 0.3) is 0 Å². The summed E-state index contributed by atoms with van der Waals surface area (Å²) >= 11 is 0. The molecule has 0 saturated carbocycles. The van der Waals surface area contributed by atoms with Gasteiger partial charge in [-0.15, -0.1) is 0 Å². The molecule has 0 unspecified atom stereocenters. The van der Waals surface area contributed by atoms with Crippen molar-refractivity contribution >= 4 is 10.8 Å². The largest absolute Gasteiger partial charge is 0.329 e. The smallest absolute Gasteiger partial charge is 0.0425 e. The van der Waals surface area contributed by atoms with Crippen LogP contribution in [0, 0.1) is 6.92 Å². The maximum Gasteiger partial charge on any atom is 0.0425 e. The Morgan fingerprint density at radius 2 is 1.73 bits per heavy atom. The lowest BCUT2D eigenvalue weighted by atomic mass is 9.96. The molecule has 4 N–H and O–H groups in total. The zero-order valence-corrected chi connectivity index (χ0v) is 8.90. The Balaban J connectivity index is 2.71. The summed E-state index contributed by atoms with van der Waals surface area (Å²) in [5, 5.41) is 2.48. The fourth-order valence-electron chi connectivity index (χ4n) is 1.92. The predicted octanol–water partition coefficient (Wildman–Crippen LogP) is 2.11. The number of rotatable bonds is 2. The van der Waals surface area contributed by atoms with Crippen molar-refractivity contribution in [3.05, 3.63) is 47.5 Å². The highest BCUT2D eigenvalue weighted by Gasteiger charge is 2.08. The van der Waals surface area contributed by atoms with Gasteiger partial charge in [0.05, 0.1) is 0 Å². The minimum atomic E-state index is -0.0736. The van der Waals surface area contributed by atoms with Crippen molar-refractivity contribution in [1.82, 2.24) is 0 Å². The SMILES string of the molecule is Cc1ccc([C@H](N)CN)c2ccccc12. The van der Waals surface area contributed by atoms with Crippen molar-refractivity contribution in [3.8, 4) is 0 Å². The summed E-state index contributed by atoms with van der Waals surface area (Å²) < 4.78 is 0. The zero-order valence-electron chi connectivity index (χ0n) is 8.90. The summed E-state index contributed by atoms with van der Waals surface area (Å²) in [5.41, 5.74) is 14.0. The molecule has 0 aliphatic carbocycles. The lowest BCUT2D eigenvalue weighted by Gasteiger charge is -2.13. The molecule has 2 aromatic carbocycles. The van der Waals surface area contributed by atoms with Crippen LogP contribution in [0.1, 0.15) is 17.2 Å². The Hall–Kier alpha value is -1.38. The number of fused-ring (bicyclic) bond motifs is 1. The molecule has 0 heterocycles. The van der Waals surface area contributed by atoms with Crippen LogP contribution in [0.25, 0.3) is 10.8 Å². The van der Waals surface area contributed by atoms with Gasteiger partial charge in [-0.05, 0) is 28.8 Å². The van der Waals surface area contributed by atoms with Gasteiger partial charge in [0.2, 0.25) is 0 Å². The molecule has 2 heteroatoms. The molecule has 15 heavy (non-hydrogen) atoms. The van der Waals surface area contributed by atoms with Gasteiger partial charge in [0, 0.05) is 12.6 Å². The highest BCUT2D eigenvalue weighted by molar-refractivity contribution is 5.88. The first kappa shape index (κ1) is 10.1. The van der Waals surface area contributed by atoms with Crippen molar-refractivity contribution < 1.29 is 0 Å². The van der Waals surface area contributed by atoms with Gasteiger partial charge in [-0.3, -0.25) is 0 Å². The quantitative estimate of drug-likeness (QED) is 0.780. The molecule has 2 aromatic rings. The highest BCUT2D eigenvalue weighted by Crippen LogP contribution is 2.25. The second kappa shape index (κ2) is 4.01. The summed E-state index contributed by atoms with van der Waals surface area (Å²) in [7, 11) is 0. The second-order valence-electron chi connectivity index (χ2n) is 3.86. The number of aryl methyl sites for hydroxylation is 1. The molecule has 0 bridgehead atoms. The van der Waals surface area contributed by atoms with E-state index in [0.29, 0.717) is 6.54 Å². The van der Waals surface area contributed by atoms with E-state index in [-0.39, 0.29) is 6.04 Å². The van der Waals surface area contributed by atoms with Gasteiger partial charge in [-0.1, -0.05) is 36.4 Å². The maximum atomic E-state index is 5.99. The van der Waals surface area contributed by atoms with E-state index in [9.17, 15) is 0 Å². The lowest BCUT2D eigenvalue weighted by molar-refractivity contribution is 0.743. The van der Waals surface area contributed by atoms with Crippen LogP contribution in [0.15, 0.2) is 36.4 Å². The van der Waals surface area contributed by atoms with Crippen LogP contribution in [0.3, 0.4) is 0 Å². The van der Waals surface area contributed by atoms with Crippen LogP contribution in [0.5, 0.6) is 0 Å². The second-order valence-corrected chi connectivity index (χ2v) is 3.86. The summed E-state index contributed by atoms with van der Waals surface area (Å²) in [6.45, 7) is 2.59. The van der Waals surface area contributed by atoms with Gasteiger partial charge in [0.15, 0.2) is 0 Å². The molecule has 0 radical (unpaired) electrons. The predicted molar refractivity (Wildman–Crippen MR) is 64.7 cm³/mol. The molecular weight excluding hydrogens is 184 g/mol. The number of benzene rings is 2. The molecule has 0 saturated heterocycles. The zero-order chi connectivity index (χ0) is 10.8. The minimum Gasteiger partial charge on any atom is -0.329 e. The van der Waals surface area contributed by atoms with Crippen LogP contribution in [-0.4, -0.2) is 6.54 Å². The molecule has 78 valence electrons. The first-order chi connectivity index (χ1) is 7.24. The van der Waals surface area contributed by atoms with Crippen LogP contribution in [-0.2, 0) is 0 Å². The summed E-state index contributed by atoms with van der Waals surface area (Å²) in [5.74, 6) is 0. The number of hydrogen-bond acceptors (Lipinski definition) is 2. The van der Waals surface area contributed by atoms with Crippen LogP contribution < -0.4 is 11.5 Å². The molecule has 0 aliphatic heterocycles. The van der Waals surface area contributed by atoms with E-state index < -0.39 is 0 Å². The molecule has 2 nitrogen and oxygen atoms in total. The van der Waals surface area contributed by atoms with Crippen molar-refractivity contribution in [3.63, 3.8) is 0 Å². The normalized spacial score (nSPS) is 13.0. The average Bonchev–Trinajstić information content (AvgIpc) is 2.29. The first-order valence-corrected chi connectivity index (χ1v) is 5.18. The van der Waals surface area contributed by atoms with Gasteiger partial charge in [0.1, 0.15) is 0 Å². The van der Waals surface area contributed by atoms with Crippen molar-refractivity contribution in [1.29, 1.82) is 0 Å². The van der Waals surface area contributed by atoms with E-state index in [1.807, 2.05) is 12.1 Å². The molecule has 0 aliphatic rings. The Labute approximate surface area is 89.9 Å². The number of hydrogen-bond donors (Lipinski definition) is 2. The average molecular weight is 200 g/mol. The van der Waals surface area contributed by atoms with Gasteiger partial charge in [-0.25, -0.2) is 0 Å². The Morgan fingerprint density at radius 3 is 2.40 bits per heavy atom. The third-order valence-electron chi connectivity index (χ3n) is 2.83. The van der Waals surface area contributed by atoms with Crippen molar-refractivity contribution in [2.75, 3.05) is 6.54 Å². The standard InChI is InChI=1S/C13H16N2/c1-9-6-7-12(13(15)8-14)11-5-3-2-4-10(9)11/h2-7,13H,8,14-15H2,1H3/t13-/m1/s1. The Kier molecular flexibility index (Phi) is 2.71. The summed E-state index contributed by atoms with van der Waals surface area (Å²) in [6, 6.07) is 12.4. The fraction of sp³-hybridized carbons (Fsp3) is 0.231. The number of nitrogens with two attached hydrogens (primary N) is 2. The lowest BCUT2D eigenvalue weighted by Crippen LogP contribution is -2.20. The van der Waals surface area contributed by atoms with Crippen LogP contribution in [0.2, 0.25) is 0 Å². The third-order valence-corrected chi connectivity index (χ3v) is 2.83. The molecular formula is C13H16N2. The molecule has 0 spiro atoms. The molecule has 0 aromatic heterocycles. The van der Waals surface area contributed by atoms with E-state index in [4.69, 9.17) is 11.5 Å². The topological polar surface area (TPSA) is 52.0 Å². The summed E-state index contributed by atoms with van der Waals surface area (Å²) in [4.78, 5) is 0. The van der Waals surface area contributed by atoms with E-state index in [1.54, 1.807) is 0 Å². The molecule has 0 amide bonds. The Morgan fingerprint density at radius 1 is 1.07 bits per heavy atom. The van der Waals surface area contributed by atoms with Gasteiger partial charge < -0.3 is 11.5 Å². The Bertz CT molecular complexity index is 477. The van der Waals surface area contributed by atoms with Crippen LogP contribution >= 0.6 is 0 Å². The van der Waals surface area contributed by atoms with E-state index in [2.05, 4.69) is 31.2 Å². The monoisotopic (exact) mass is 200 g/mol.